The predicted octanol–water partition coefficient (Wildman–Crippen LogP) is 2.93. The maximum Gasteiger partial charge on any atom is 0.277 e. The summed E-state index contributed by atoms with van der Waals surface area (Å²) in [7, 11) is 1.57. The zero-order chi connectivity index (χ0) is 18.1. The van der Waals surface area contributed by atoms with Crippen molar-refractivity contribution in [3.05, 3.63) is 53.6 Å². The van der Waals surface area contributed by atoms with Gasteiger partial charge in [0.05, 0.1) is 19.9 Å². The Morgan fingerprint density at radius 1 is 1.12 bits per heavy atom. The van der Waals surface area contributed by atoms with Gasteiger partial charge < -0.3 is 14.2 Å². The quantitative estimate of drug-likeness (QED) is 0.591. The van der Waals surface area contributed by atoms with Crippen LogP contribution in [0.2, 0.25) is 0 Å². The Balaban J connectivity index is 1.87. The number of hydrogen-bond acceptors (Lipinski definition) is 5. The number of carbonyl (C=O) groups is 1. The Labute approximate surface area is 147 Å². The van der Waals surface area contributed by atoms with E-state index in [4.69, 9.17) is 14.2 Å². The number of rotatable bonds is 8. The Hall–Kier alpha value is -3.02. The lowest BCUT2D eigenvalue weighted by atomic mass is 10.2. The third kappa shape index (κ3) is 5.53. The lowest BCUT2D eigenvalue weighted by molar-refractivity contribution is -0.123. The van der Waals surface area contributed by atoms with Crippen LogP contribution < -0.4 is 19.6 Å². The number of benzene rings is 2. The summed E-state index contributed by atoms with van der Waals surface area (Å²) in [5.41, 5.74) is 4.18. The van der Waals surface area contributed by atoms with E-state index in [1.807, 2.05) is 44.2 Å². The van der Waals surface area contributed by atoms with Crippen molar-refractivity contribution in [3.63, 3.8) is 0 Å². The molecule has 6 nitrogen and oxygen atoms in total. The summed E-state index contributed by atoms with van der Waals surface area (Å²) in [6, 6.07) is 12.9. The van der Waals surface area contributed by atoms with Crippen LogP contribution in [0, 0.1) is 6.92 Å². The summed E-state index contributed by atoms with van der Waals surface area (Å²) in [5, 5.41) is 3.93. The lowest BCUT2D eigenvalue weighted by Crippen LogP contribution is -2.24. The molecule has 0 fully saturated rings. The molecule has 0 bridgehead atoms. The Bertz CT molecular complexity index is 744. The molecule has 0 unspecified atom stereocenters. The van der Waals surface area contributed by atoms with Crippen LogP contribution in [0.1, 0.15) is 18.1 Å². The number of carbonyl (C=O) groups excluding carboxylic acids is 1. The van der Waals surface area contributed by atoms with Gasteiger partial charge >= 0.3 is 0 Å². The van der Waals surface area contributed by atoms with Crippen molar-refractivity contribution >= 4 is 12.1 Å². The Morgan fingerprint density at radius 2 is 1.92 bits per heavy atom. The van der Waals surface area contributed by atoms with Crippen LogP contribution in [-0.4, -0.2) is 32.4 Å². The van der Waals surface area contributed by atoms with Crippen LogP contribution >= 0.6 is 0 Å². The third-order valence-corrected chi connectivity index (χ3v) is 3.34. The maximum absolute atomic E-state index is 11.8. The van der Waals surface area contributed by atoms with Crippen LogP contribution in [0.3, 0.4) is 0 Å². The van der Waals surface area contributed by atoms with Crippen molar-refractivity contribution in [2.24, 2.45) is 5.10 Å². The van der Waals surface area contributed by atoms with Gasteiger partial charge in [-0.15, -0.1) is 0 Å². The fraction of sp³-hybridized carbons (Fsp3) is 0.263. The van der Waals surface area contributed by atoms with Gasteiger partial charge in [-0.3, -0.25) is 4.79 Å². The van der Waals surface area contributed by atoms with E-state index in [1.165, 1.54) is 6.21 Å². The van der Waals surface area contributed by atoms with Gasteiger partial charge in [0.15, 0.2) is 18.1 Å². The minimum Gasteiger partial charge on any atom is -0.493 e. The average molecular weight is 342 g/mol. The van der Waals surface area contributed by atoms with E-state index in [1.54, 1.807) is 19.2 Å². The number of hydrogen-bond donors (Lipinski definition) is 1. The number of amides is 1. The van der Waals surface area contributed by atoms with Crippen LogP contribution in [0.5, 0.6) is 17.2 Å². The first-order chi connectivity index (χ1) is 12.1. The molecule has 0 saturated heterocycles. The monoisotopic (exact) mass is 342 g/mol. The molecular formula is C19H22N2O4. The lowest BCUT2D eigenvalue weighted by Gasteiger charge is -2.09. The van der Waals surface area contributed by atoms with Gasteiger partial charge in [-0.25, -0.2) is 5.43 Å². The summed E-state index contributed by atoms with van der Waals surface area (Å²) in [5.74, 6) is 1.62. The SMILES string of the molecule is CCOc1ccc(/C=N/NC(=O)COc2ccccc2C)cc1OC. The smallest absolute Gasteiger partial charge is 0.277 e. The molecule has 2 aromatic rings. The van der Waals surface area contributed by atoms with Crippen LogP contribution in [0.25, 0.3) is 0 Å². The van der Waals surface area contributed by atoms with E-state index >= 15 is 0 Å². The molecule has 0 saturated carbocycles. The molecule has 0 spiro atoms. The molecule has 25 heavy (non-hydrogen) atoms. The average Bonchev–Trinajstić information content (AvgIpc) is 2.62. The topological polar surface area (TPSA) is 69.2 Å². The normalized spacial score (nSPS) is 10.5. The number of nitrogens with zero attached hydrogens (tertiary/aromatic N) is 1. The largest absolute Gasteiger partial charge is 0.493 e. The molecular weight excluding hydrogens is 320 g/mol. The second-order valence-corrected chi connectivity index (χ2v) is 5.19. The molecule has 0 atom stereocenters. The number of hydrazone groups is 1. The molecule has 1 N–H and O–H groups in total. The molecule has 132 valence electrons. The van der Waals surface area contributed by atoms with Gasteiger partial charge in [0.1, 0.15) is 5.75 Å². The zero-order valence-corrected chi connectivity index (χ0v) is 14.6. The minimum atomic E-state index is -0.336. The molecule has 0 aliphatic carbocycles. The van der Waals surface area contributed by atoms with Gasteiger partial charge in [0.25, 0.3) is 5.91 Å². The van der Waals surface area contributed by atoms with E-state index in [-0.39, 0.29) is 12.5 Å². The molecule has 0 radical (unpaired) electrons. The second kappa shape index (κ2) is 9.32. The number of methoxy groups -OCH3 is 1. The van der Waals surface area contributed by atoms with Crippen molar-refractivity contribution in [1.82, 2.24) is 5.43 Å². The van der Waals surface area contributed by atoms with Crippen molar-refractivity contribution in [2.45, 2.75) is 13.8 Å². The van der Waals surface area contributed by atoms with Crippen LogP contribution in [0.4, 0.5) is 0 Å². The van der Waals surface area contributed by atoms with Crippen molar-refractivity contribution in [2.75, 3.05) is 20.3 Å². The van der Waals surface area contributed by atoms with E-state index in [2.05, 4.69) is 10.5 Å². The number of aryl methyl sites for hydroxylation is 1. The third-order valence-electron chi connectivity index (χ3n) is 3.34. The van der Waals surface area contributed by atoms with E-state index in [0.29, 0.717) is 23.9 Å². The molecule has 1 amide bonds. The second-order valence-electron chi connectivity index (χ2n) is 5.19. The predicted molar refractivity (Wildman–Crippen MR) is 96.6 cm³/mol. The standard InChI is InChI=1S/C19H22N2O4/c1-4-24-17-10-9-15(11-18(17)23-3)12-20-21-19(22)13-25-16-8-6-5-7-14(16)2/h5-12H,4,13H2,1-3H3,(H,21,22)/b20-12+. The molecule has 0 aliphatic rings. The van der Waals surface area contributed by atoms with Gasteiger partial charge in [0.2, 0.25) is 0 Å². The summed E-state index contributed by atoms with van der Waals surface area (Å²) in [6.07, 6.45) is 1.53. The Kier molecular flexibility index (Phi) is 6.83. The number of para-hydroxylation sites is 1. The van der Waals surface area contributed by atoms with Crippen molar-refractivity contribution in [1.29, 1.82) is 0 Å². The highest BCUT2D eigenvalue weighted by molar-refractivity contribution is 5.83. The highest BCUT2D eigenvalue weighted by Gasteiger charge is 2.05. The maximum atomic E-state index is 11.8. The van der Waals surface area contributed by atoms with Gasteiger partial charge in [-0.1, -0.05) is 18.2 Å². The van der Waals surface area contributed by atoms with Gasteiger partial charge in [-0.2, -0.15) is 5.10 Å². The molecule has 0 heterocycles. The minimum absolute atomic E-state index is 0.102. The highest BCUT2D eigenvalue weighted by atomic mass is 16.5. The Morgan fingerprint density at radius 3 is 2.64 bits per heavy atom. The fourth-order valence-corrected chi connectivity index (χ4v) is 2.11. The molecule has 2 rings (SSSR count). The van der Waals surface area contributed by atoms with E-state index in [0.717, 1.165) is 11.1 Å². The van der Waals surface area contributed by atoms with Gasteiger partial charge in [-0.05, 0) is 49.2 Å². The first-order valence-electron chi connectivity index (χ1n) is 7.95. The van der Waals surface area contributed by atoms with Crippen molar-refractivity contribution < 1.29 is 19.0 Å². The van der Waals surface area contributed by atoms with E-state index in [9.17, 15) is 4.79 Å². The van der Waals surface area contributed by atoms with Gasteiger partial charge in [0, 0.05) is 0 Å². The number of nitrogens with one attached hydrogen (secondary N) is 1. The zero-order valence-electron chi connectivity index (χ0n) is 14.6. The molecule has 0 aliphatic heterocycles. The fourth-order valence-electron chi connectivity index (χ4n) is 2.11. The molecule has 2 aromatic carbocycles. The van der Waals surface area contributed by atoms with Crippen LogP contribution in [0.15, 0.2) is 47.6 Å². The van der Waals surface area contributed by atoms with E-state index < -0.39 is 0 Å². The first-order valence-corrected chi connectivity index (χ1v) is 7.95. The molecule has 0 aromatic heterocycles. The summed E-state index contributed by atoms with van der Waals surface area (Å²) < 4.78 is 16.2. The first kappa shape index (κ1) is 18.3. The highest BCUT2D eigenvalue weighted by Crippen LogP contribution is 2.27. The van der Waals surface area contributed by atoms with Crippen molar-refractivity contribution in [3.8, 4) is 17.2 Å². The molecule has 6 heteroatoms. The summed E-state index contributed by atoms with van der Waals surface area (Å²) in [4.78, 5) is 11.8. The van der Waals surface area contributed by atoms with Crippen LogP contribution in [-0.2, 0) is 4.79 Å². The summed E-state index contributed by atoms with van der Waals surface area (Å²) >= 11 is 0. The summed E-state index contributed by atoms with van der Waals surface area (Å²) in [6.45, 7) is 4.28. The number of ether oxygens (including phenoxy) is 3.